The fraction of sp³-hybridized carbons (Fsp3) is 0.500. The third-order valence-electron chi connectivity index (χ3n) is 6.89. The summed E-state index contributed by atoms with van der Waals surface area (Å²) in [6.07, 6.45) is -2.68. The molecule has 1 saturated heterocycles. The minimum Gasteiger partial charge on any atom is -0.606 e. The fourth-order valence-corrected chi connectivity index (χ4v) is 5.14. The predicted octanol–water partition coefficient (Wildman–Crippen LogP) is 4.57. The molecular formula is C28H34ClF3N4O5. The quantitative estimate of drug-likeness (QED) is 0.453. The van der Waals surface area contributed by atoms with Crippen LogP contribution < -0.4 is 15.5 Å². The van der Waals surface area contributed by atoms with Crippen molar-refractivity contribution in [2.24, 2.45) is 0 Å². The summed E-state index contributed by atoms with van der Waals surface area (Å²) >= 11 is 6.52. The number of nitrogens with zero attached hydrogens (tertiary/aromatic N) is 2. The topological polar surface area (TPSA) is 98.6 Å². The summed E-state index contributed by atoms with van der Waals surface area (Å²) in [4.78, 5) is 28.0. The smallest absolute Gasteiger partial charge is 0.416 e. The number of anilines is 1. The number of nitrogens with one attached hydrogen (secondary N) is 2. The minimum atomic E-state index is -2.81. The van der Waals surface area contributed by atoms with Crippen LogP contribution in [0.3, 0.4) is 0 Å². The largest absolute Gasteiger partial charge is 0.606 e. The molecule has 224 valence electrons. The summed E-state index contributed by atoms with van der Waals surface area (Å²) in [6, 6.07) is 9.48. The van der Waals surface area contributed by atoms with Crippen LogP contribution in [0.5, 0.6) is 0 Å². The summed E-state index contributed by atoms with van der Waals surface area (Å²) in [7, 11) is 0. The van der Waals surface area contributed by atoms with Gasteiger partial charge in [-0.15, -0.1) is 0 Å². The molecule has 3 atom stereocenters. The average Bonchev–Trinajstić information content (AvgIpc) is 3.38. The lowest BCUT2D eigenvalue weighted by molar-refractivity contribution is -0.895. The molecule has 9 nitrogen and oxygen atoms in total. The van der Waals surface area contributed by atoms with Gasteiger partial charge in [-0.3, -0.25) is 4.79 Å². The van der Waals surface area contributed by atoms with E-state index in [-0.39, 0.29) is 55.3 Å². The standard InChI is InChI=1S/C28H34ClF3N4O5/c1-27(2,3)41-26(38)34-17-40-16-23(34)36(39)35(20-8-6-7-18(30)15-20)24(21-9-4-5-10-22(21)29)25(37)33-19-11-13-28(31,32)14-12-19/h4-10,15,19,23-24,36H,11-14,16-17H2,1-3H3,(H,33,37)/t23-,24+/m1/s1. The van der Waals surface area contributed by atoms with E-state index in [9.17, 15) is 28.0 Å². The Balaban J connectivity index is 1.75. The first kappa shape index (κ1) is 30.9. The number of carbonyl (C=O) groups excluding carboxylic acids is 2. The van der Waals surface area contributed by atoms with Gasteiger partial charge in [0.2, 0.25) is 12.1 Å². The van der Waals surface area contributed by atoms with E-state index in [1.165, 1.54) is 24.3 Å². The Morgan fingerprint density at radius 2 is 1.88 bits per heavy atom. The van der Waals surface area contributed by atoms with Crippen LogP contribution in [-0.4, -0.2) is 54.0 Å². The third-order valence-corrected chi connectivity index (χ3v) is 7.23. The molecule has 1 saturated carbocycles. The van der Waals surface area contributed by atoms with E-state index in [0.29, 0.717) is 0 Å². The Morgan fingerprint density at radius 1 is 1.20 bits per heavy atom. The van der Waals surface area contributed by atoms with Crippen LogP contribution in [-0.2, 0) is 14.3 Å². The number of amides is 2. The van der Waals surface area contributed by atoms with Gasteiger partial charge in [-0.1, -0.05) is 35.9 Å². The van der Waals surface area contributed by atoms with Gasteiger partial charge in [-0.25, -0.2) is 33.0 Å². The fourth-order valence-electron chi connectivity index (χ4n) is 4.90. The zero-order valence-corrected chi connectivity index (χ0v) is 23.8. The van der Waals surface area contributed by atoms with Crippen molar-refractivity contribution in [3.8, 4) is 0 Å². The number of hydroxylamine groups is 1. The zero-order valence-electron chi connectivity index (χ0n) is 23.0. The van der Waals surface area contributed by atoms with Gasteiger partial charge in [0.1, 0.15) is 24.8 Å². The van der Waals surface area contributed by atoms with Crippen molar-refractivity contribution in [1.29, 1.82) is 0 Å². The van der Waals surface area contributed by atoms with E-state index in [2.05, 4.69) is 5.32 Å². The third kappa shape index (κ3) is 7.62. The number of rotatable bonds is 7. The van der Waals surface area contributed by atoms with Crippen LogP contribution in [0.2, 0.25) is 5.02 Å². The van der Waals surface area contributed by atoms with Crippen LogP contribution in [0.1, 0.15) is 58.1 Å². The van der Waals surface area contributed by atoms with Crippen molar-refractivity contribution in [2.75, 3.05) is 18.3 Å². The molecule has 2 N–H and O–H groups in total. The first-order chi connectivity index (χ1) is 19.3. The van der Waals surface area contributed by atoms with E-state index in [1.54, 1.807) is 39.0 Å². The minimum absolute atomic E-state index is 0.0290. The molecular weight excluding hydrogens is 565 g/mol. The normalized spacial score (nSPS) is 20.8. The van der Waals surface area contributed by atoms with Crippen LogP contribution in [0.25, 0.3) is 0 Å². The second-order valence-corrected chi connectivity index (χ2v) is 11.6. The molecule has 41 heavy (non-hydrogen) atoms. The molecule has 13 heteroatoms. The molecule has 1 aliphatic carbocycles. The second-order valence-electron chi connectivity index (χ2n) is 11.2. The number of benzene rings is 2. The number of quaternary nitrogens is 1. The molecule has 2 aromatic rings. The molecule has 2 fully saturated rings. The zero-order chi connectivity index (χ0) is 29.9. The summed E-state index contributed by atoms with van der Waals surface area (Å²) in [5, 5.41) is 17.6. The van der Waals surface area contributed by atoms with Gasteiger partial charge in [-0.2, -0.15) is 0 Å². The second kappa shape index (κ2) is 12.4. The van der Waals surface area contributed by atoms with Gasteiger partial charge in [0.05, 0.1) is 5.69 Å². The maximum atomic E-state index is 14.5. The molecule has 1 unspecified atom stereocenters. The van der Waals surface area contributed by atoms with Gasteiger partial charge in [-0.05, 0) is 51.8 Å². The predicted molar refractivity (Wildman–Crippen MR) is 145 cm³/mol. The summed E-state index contributed by atoms with van der Waals surface area (Å²) < 4.78 is 53.0. The number of hydrogen-bond donors (Lipinski definition) is 2. The number of carbonyl (C=O) groups is 2. The van der Waals surface area contributed by atoms with E-state index < -0.39 is 52.8 Å². The maximum Gasteiger partial charge on any atom is 0.416 e. The lowest BCUT2D eigenvalue weighted by atomic mass is 9.91. The first-order valence-electron chi connectivity index (χ1n) is 13.3. The van der Waals surface area contributed by atoms with Crippen molar-refractivity contribution in [3.63, 3.8) is 0 Å². The van der Waals surface area contributed by atoms with E-state index in [4.69, 9.17) is 21.1 Å². The molecule has 0 bridgehead atoms. The number of alkyl halides is 2. The van der Waals surface area contributed by atoms with Crippen molar-refractivity contribution in [1.82, 2.24) is 10.2 Å². The average molecular weight is 599 g/mol. The number of halogens is 4. The lowest BCUT2D eigenvalue weighted by Gasteiger charge is -2.44. The lowest BCUT2D eigenvalue weighted by Crippen LogP contribution is -3.20. The molecule has 2 aromatic carbocycles. The van der Waals surface area contributed by atoms with Crippen molar-refractivity contribution in [2.45, 2.75) is 76.2 Å². The van der Waals surface area contributed by atoms with Gasteiger partial charge in [0.15, 0.2) is 6.04 Å². The molecule has 0 aromatic heterocycles. The first-order valence-corrected chi connectivity index (χ1v) is 13.7. The van der Waals surface area contributed by atoms with Crippen molar-refractivity contribution >= 4 is 29.3 Å². The van der Waals surface area contributed by atoms with Crippen LogP contribution in [0.4, 0.5) is 23.7 Å². The van der Waals surface area contributed by atoms with Crippen LogP contribution >= 0.6 is 11.6 Å². The number of hydrogen-bond acceptors (Lipinski definition) is 6. The summed E-state index contributed by atoms with van der Waals surface area (Å²) in [6.45, 7) is 4.60. The Hall–Kier alpha value is -3.06. The van der Waals surface area contributed by atoms with Crippen molar-refractivity contribution < 1.29 is 37.4 Å². The van der Waals surface area contributed by atoms with Gasteiger partial charge in [0, 0.05) is 35.5 Å². The van der Waals surface area contributed by atoms with E-state index in [0.717, 1.165) is 16.0 Å². The van der Waals surface area contributed by atoms with E-state index >= 15 is 0 Å². The van der Waals surface area contributed by atoms with Crippen molar-refractivity contribution in [3.05, 3.63) is 70.1 Å². The highest BCUT2D eigenvalue weighted by molar-refractivity contribution is 6.31. The highest BCUT2D eigenvalue weighted by Crippen LogP contribution is 2.35. The summed E-state index contributed by atoms with van der Waals surface area (Å²) in [5.41, 5.74) is -0.596. The van der Waals surface area contributed by atoms with E-state index in [1.807, 2.05) is 0 Å². The maximum absolute atomic E-state index is 14.5. The number of ether oxygens (including phenoxy) is 2. The molecule has 1 heterocycles. The molecule has 1 aliphatic heterocycles. The van der Waals surface area contributed by atoms with Crippen LogP contribution in [0, 0.1) is 11.0 Å². The van der Waals surface area contributed by atoms with Crippen LogP contribution in [0.15, 0.2) is 48.5 Å². The molecule has 2 amide bonds. The summed E-state index contributed by atoms with van der Waals surface area (Å²) in [5.74, 6) is -4.16. The Labute approximate surface area is 241 Å². The Bertz CT molecular complexity index is 1240. The van der Waals surface area contributed by atoms with Gasteiger partial charge in [0.25, 0.3) is 5.91 Å². The SMILES string of the molecule is CC(C)(C)OC(=O)N1COC[C@H]1[NH+]([O-])N(c1cccc(F)c1)[C@H](C(=O)NC1CCC(F)(F)CC1)c1ccccc1Cl. The molecule has 0 spiro atoms. The molecule has 2 aliphatic rings. The monoisotopic (exact) mass is 598 g/mol. The Kier molecular flexibility index (Phi) is 9.37. The van der Waals surface area contributed by atoms with Gasteiger partial charge >= 0.3 is 6.09 Å². The Morgan fingerprint density at radius 3 is 2.51 bits per heavy atom. The molecule has 0 radical (unpaired) electrons. The highest BCUT2D eigenvalue weighted by Gasteiger charge is 2.44. The highest BCUT2D eigenvalue weighted by atomic mass is 35.5. The van der Waals surface area contributed by atoms with Gasteiger partial charge < -0.3 is 20.0 Å². The molecule has 4 rings (SSSR count).